The number of hydrogen-bond acceptors (Lipinski definition) is 2. The summed E-state index contributed by atoms with van der Waals surface area (Å²) in [5.41, 5.74) is 3.25. The zero-order chi connectivity index (χ0) is 9.97. The number of benzene rings is 1. The Morgan fingerprint density at radius 3 is 2.86 bits per heavy atom. The maximum atomic E-state index is 4.08. The Morgan fingerprint density at radius 1 is 1.29 bits per heavy atom. The fraction of sp³-hybridized carbons (Fsp3) is 0.455. The molecule has 0 aliphatic rings. The van der Waals surface area contributed by atoms with Crippen molar-refractivity contribution in [1.29, 1.82) is 0 Å². The van der Waals surface area contributed by atoms with E-state index in [1.54, 1.807) is 0 Å². The van der Waals surface area contributed by atoms with Crippen LogP contribution >= 0.6 is 0 Å². The average molecular weight is 189 g/mol. The summed E-state index contributed by atoms with van der Waals surface area (Å²) in [4.78, 5) is 0. The summed E-state index contributed by atoms with van der Waals surface area (Å²) in [6, 6.07) is 6.28. The molecule has 1 aromatic carbocycles. The van der Waals surface area contributed by atoms with Gasteiger partial charge in [-0.25, -0.2) is 0 Å². The fourth-order valence-electron chi connectivity index (χ4n) is 1.56. The van der Waals surface area contributed by atoms with Crippen LogP contribution in [0.25, 0.3) is 11.0 Å². The van der Waals surface area contributed by atoms with E-state index in [0.717, 1.165) is 23.4 Å². The van der Waals surface area contributed by atoms with Crippen LogP contribution in [0.3, 0.4) is 0 Å². The molecular weight excluding hydrogens is 174 g/mol. The van der Waals surface area contributed by atoms with Gasteiger partial charge in [0.15, 0.2) is 0 Å². The standard InChI is InChI=1S/C11H15N3/c1-3-8(2)6-9-4-5-10-11(7-9)13-14-12-10/h4-5,7-8H,3,6H2,1-2H3,(H,12,13,14). The lowest BCUT2D eigenvalue weighted by Gasteiger charge is -2.07. The van der Waals surface area contributed by atoms with Gasteiger partial charge < -0.3 is 0 Å². The third-order valence-electron chi connectivity index (χ3n) is 2.66. The highest BCUT2D eigenvalue weighted by Gasteiger charge is 2.03. The maximum Gasteiger partial charge on any atom is 0.113 e. The van der Waals surface area contributed by atoms with E-state index in [-0.39, 0.29) is 0 Å². The second-order valence-corrected chi connectivity index (χ2v) is 3.86. The molecule has 14 heavy (non-hydrogen) atoms. The quantitative estimate of drug-likeness (QED) is 0.806. The van der Waals surface area contributed by atoms with Crippen LogP contribution in [0.1, 0.15) is 25.8 Å². The molecule has 1 heterocycles. The summed E-state index contributed by atoms with van der Waals surface area (Å²) in [6.45, 7) is 4.49. The second-order valence-electron chi connectivity index (χ2n) is 3.86. The molecule has 0 saturated heterocycles. The summed E-state index contributed by atoms with van der Waals surface area (Å²) in [7, 11) is 0. The third-order valence-corrected chi connectivity index (χ3v) is 2.66. The molecule has 0 aliphatic carbocycles. The molecule has 0 radical (unpaired) electrons. The molecule has 1 aromatic heterocycles. The fourth-order valence-corrected chi connectivity index (χ4v) is 1.56. The molecule has 2 aromatic rings. The van der Waals surface area contributed by atoms with E-state index in [9.17, 15) is 0 Å². The van der Waals surface area contributed by atoms with Crippen molar-refractivity contribution in [1.82, 2.24) is 15.4 Å². The molecule has 0 aliphatic heterocycles. The van der Waals surface area contributed by atoms with Gasteiger partial charge >= 0.3 is 0 Å². The van der Waals surface area contributed by atoms with Crippen molar-refractivity contribution in [3.8, 4) is 0 Å². The van der Waals surface area contributed by atoms with Crippen LogP contribution in [0.4, 0.5) is 0 Å². The van der Waals surface area contributed by atoms with Gasteiger partial charge in [0, 0.05) is 0 Å². The van der Waals surface area contributed by atoms with Crippen molar-refractivity contribution in [2.24, 2.45) is 5.92 Å². The van der Waals surface area contributed by atoms with Gasteiger partial charge in [0.2, 0.25) is 0 Å². The Hall–Kier alpha value is -1.38. The van der Waals surface area contributed by atoms with Crippen molar-refractivity contribution in [3.05, 3.63) is 23.8 Å². The monoisotopic (exact) mass is 189 g/mol. The van der Waals surface area contributed by atoms with Crippen LogP contribution < -0.4 is 0 Å². The molecule has 3 nitrogen and oxygen atoms in total. The summed E-state index contributed by atoms with van der Waals surface area (Å²) < 4.78 is 0. The highest BCUT2D eigenvalue weighted by atomic mass is 15.3. The zero-order valence-corrected chi connectivity index (χ0v) is 8.62. The number of aromatic nitrogens is 3. The first-order valence-electron chi connectivity index (χ1n) is 5.09. The number of fused-ring (bicyclic) bond motifs is 1. The maximum absolute atomic E-state index is 4.08. The van der Waals surface area contributed by atoms with Gasteiger partial charge in [-0.2, -0.15) is 15.4 Å². The highest BCUT2D eigenvalue weighted by Crippen LogP contribution is 2.15. The first kappa shape index (κ1) is 9.19. The Morgan fingerprint density at radius 2 is 2.07 bits per heavy atom. The first-order chi connectivity index (χ1) is 6.79. The van der Waals surface area contributed by atoms with E-state index in [1.165, 1.54) is 12.0 Å². The molecule has 3 heteroatoms. The van der Waals surface area contributed by atoms with Gasteiger partial charge in [0.1, 0.15) is 11.0 Å². The molecular formula is C11H15N3. The number of nitrogens with zero attached hydrogens (tertiary/aromatic N) is 2. The Balaban J connectivity index is 2.25. The van der Waals surface area contributed by atoms with Crippen LogP contribution in [0, 0.1) is 5.92 Å². The summed E-state index contributed by atoms with van der Waals surface area (Å²) in [5.74, 6) is 0.736. The van der Waals surface area contributed by atoms with E-state index in [1.807, 2.05) is 6.07 Å². The molecule has 74 valence electrons. The predicted octanol–water partition coefficient (Wildman–Crippen LogP) is 2.55. The third kappa shape index (κ3) is 1.76. The molecule has 0 fully saturated rings. The number of hydrogen-bond donors (Lipinski definition) is 1. The minimum Gasteiger partial charge on any atom is -0.197 e. The number of rotatable bonds is 3. The molecule has 1 atom stereocenters. The molecule has 0 saturated carbocycles. The smallest absolute Gasteiger partial charge is 0.113 e. The lowest BCUT2D eigenvalue weighted by atomic mass is 9.99. The first-order valence-corrected chi connectivity index (χ1v) is 5.09. The molecule has 0 spiro atoms. The van der Waals surface area contributed by atoms with E-state index in [0.29, 0.717) is 0 Å². The van der Waals surface area contributed by atoms with Gasteiger partial charge in [-0.15, -0.1) is 0 Å². The topological polar surface area (TPSA) is 41.6 Å². The van der Waals surface area contributed by atoms with E-state index >= 15 is 0 Å². The van der Waals surface area contributed by atoms with Crippen molar-refractivity contribution in [2.75, 3.05) is 0 Å². The molecule has 0 amide bonds. The van der Waals surface area contributed by atoms with E-state index < -0.39 is 0 Å². The lowest BCUT2D eigenvalue weighted by molar-refractivity contribution is 0.560. The van der Waals surface area contributed by atoms with Crippen molar-refractivity contribution < 1.29 is 0 Å². The summed E-state index contributed by atoms with van der Waals surface area (Å²) >= 11 is 0. The molecule has 1 unspecified atom stereocenters. The highest BCUT2D eigenvalue weighted by molar-refractivity contribution is 5.74. The van der Waals surface area contributed by atoms with Gasteiger partial charge in [-0.3, -0.25) is 0 Å². The zero-order valence-electron chi connectivity index (χ0n) is 8.62. The van der Waals surface area contributed by atoms with Crippen LogP contribution in [0.5, 0.6) is 0 Å². The Bertz CT molecular complexity index is 419. The van der Waals surface area contributed by atoms with Gasteiger partial charge in [-0.05, 0) is 30.0 Å². The Labute approximate surface area is 83.5 Å². The Kier molecular flexibility index (Phi) is 2.48. The number of aromatic amines is 1. The lowest BCUT2D eigenvalue weighted by Crippen LogP contribution is -1.97. The molecule has 1 N–H and O–H groups in total. The number of nitrogens with one attached hydrogen (secondary N) is 1. The molecule has 0 bridgehead atoms. The normalized spacial score (nSPS) is 13.3. The van der Waals surface area contributed by atoms with Gasteiger partial charge in [-0.1, -0.05) is 26.3 Å². The largest absolute Gasteiger partial charge is 0.197 e. The second kappa shape index (κ2) is 3.78. The van der Waals surface area contributed by atoms with E-state index in [2.05, 4.69) is 41.4 Å². The average Bonchev–Trinajstić information content (AvgIpc) is 2.64. The number of H-pyrrole nitrogens is 1. The SMILES string of the molecule is CCC(C)Cc1ccc2n[nH]nc2c1. The van der Waals surface area contributed by atoms with Crippen LogP contribution in [-0.2, 0) is 6.42 Å². The van der Waals surface area contributed by atoms with Crippen molar-refractivity contribution >= 4 is 11.0 Å². The predicted molar refractivity (Wildman–Crippen MR) is 57.0 cm³/mol. The van der Waals surface area contributed by atoms with Crippen molar-refractivity contribution in [3.63, 3.8) is 0 Å². The van der Waals surface area contributed by atoms with Crippen LogP contribution in [0.2, 0.25) is 0 Å². The van der Waals surface area contributed by atoms with E-state index in [4.69, 9.17) is 0 Å². The van der Waals surface area contributed by atoms with Gasteiger partial charge in [0.05, 0.1) is 0 Å². The minimum absolute atomic E-state index is 0.736. The summed E-state index contributed by atoms with van der Waals surface area (Å²) in [5, 5.41) is 10.7. The van der Waals surface area contributed by atoms with Gasteiger partial charge in [0.25, 0.3) is 0 Å². The van der Waals surface area contributed by atoms with Crippen molar-refractivity contribution in [2.45, 2.75) is 26.7 Å². The van der Waals surface area contributed by atoms with Crippen LogP contribution in [0.15, 0.2) is 18.2 Å². The summed E-state index contributed by atoms with van der Waals surface area (Å²) in [6.07, 6.45) is 2.34. The minimum atomic E-state index is 0.736. The van der Waals surface area contributed by atoms with Crippen LogP contribution in [-0.4, -0.2) is 15.4 Å². The molecule has 2 rings (SSSR count).